The molecule has 2 aromatic heterocycles. The van der Waals surface area contributed by atoms with E-state index in [4.69, 9.17) is 4.42 Å². The smallest absolute Gasteiger partial charge is 0.264 e. The van der Waals surface area contributed by atoms with E-state index in [9.17, 15) is 9.18 Å². The third-order valence-electron chi connectivity index (χ3n) is 4.48. The highest BCUT2D eigenvalue weighted by Crippen LogP contribution is 2.30. The van der Waals surface area contributed by atoms with Gasteiger partial charge in [-0.1, -0.05) is 18.2 Å². The molecule has 0 aliphatic carbocycles. The van der Waals surface area contributed by atoms with Gasteiger partial charge >= 0.3 is 0 Å². The van der Waals surface area contributed by atoms with Gasteiger partial charge in [0.1, 0.15) is 5.82 Å². The minimum absolute atomic E-state index is 0.101. The van der Waals surface area contributed by atoms with E-state index in [0.717, 1.165) is 14.7 Å². The van der Waals surface area contributed by atoms with Crippen LogP contribution in [0.4, 0.5) is 4.39 Å². The number of amides is 1. The van der Waals surface area contributed by atoms with Crippen molar-refractivity contribution in [3.63, 3.8) is 0 Å². The fraction of sp³-hybridized carbons (Fsp3) is 0.190. The number of halogens is 2. The molecule has 2 heterocycles. The lowest BCUT2D eigenvalue weighted by Gasteiger charge is -2.24. The van der Waals surface area contributed by atoms with Gasteiger partial charge < -0.3 is 9.32 Å². The molecular weight excluding hydrogens is 457 g/mol. The largest absolute Gasteiger partial charge is 0.419 e. The molecule has 29 heavy (non-hydrogen) atoms. The Morgan fingerprint density at radius 2 is 2.00 bits per heavy atom. The first-order valence-corrected chi connectivity index (χ1v) is 10.6. The summed E-state index contributed by atoms with van der Waals surface area (Å²) in [6, 6.07) is 13.9. The number of thiophene rings is 1. The highest BCUT2D eigenvalue weighted by molar-refractivity contribution is 9.10. The van der Waals surface area contributed by atoms with Crippen molar-refractivity contribution in [2.45, 2.75) is 26.4 Å². The summed E-state index contributed by atoms with van der Waals surface area (Å²) in [5, 5.41) is 8.66. The van der Waals surface area contributed by atoms with Crippen molar-refractivity contribution in [3.05, 3.63) is 69.6 Å². The predicted molar refractivity (Wildman–Crippen MR) is 114 cm³/mol. The molecule has 0 bridgehead atoms. The molecule has 0 unspecified atom stereocenters. The van der Waals surface area contributed by atoms with Crippen molar-refractivity contribution in [2.75, 3.05) is 0 Å². The molecule has 4 rings (SSSR count). The van der Waals surface area contributed by atoms with Gasteiger partial charge in [0.15, 0.2) is 0 Å². The SMILES string of the molecule is CC(C)N(Cc1nnc(-c2ccccc2Br)o1)C(=O)c1cc2c(F)cccc2s1. The van der Waals surface area contributed by atoms with Crippen LogP contribution in [0.25, 0.3) is 21.5 Å². The lowest BCUT2D eigenvalue weighted by atomic mass is 10.2. The van der Waals surface area contributed by atoms with Crippen LogP contribution in [0.2, 0.25) is 0 Å². The van der Waals surface area contributed by atoms with E-state index < -0.39 is 0 Å². The zero-order valence-corrected chi connectivity index (χ0v) is 18.1. The summed E-state index contributed by atoms with van der Waals surface area (Å²) >= 11 is 4.75. The number of fused-ring (bicyclic) bond motifs is 1. The maximum absolute atomic E-state index is 14.0. The van der Waals surface area contributed by atoms with E-state index in [1.807, 2.05) is 44.2 Å². The van der Waals surface area contributed by atoms with Crippen molar-refractivity contribution < 1.29 is 13.6 Å². The average molecular weight is 474 g/mol. The topological polar surface area (TPSA) is 59.2 Å². The zero-order chi connectivity index (χ0) is 20.5. The lowest BCUT2D eigenvalue weighted by molar-refractivity contribution is 0.0677. The fourth-order valence-electron chi connectivity index (χ4n) is 2.97. The van der Waals surface area contributed by atoms with E-state index >= 15 is 0 Å². The molecule has 0 spiro atoms. The van der Waals surface area contributed by atoms with E-state index in [0.29, 0.717) is 22.0 Å². The van der Waals surface area contributed by atoms with Gasteiger partial charge in [0, 0.05) is 20.6 Å². The summed E-state index contributed by atoms with van der Waals surface area (Å²) in [6.07, 6.45) is 0. The van der Waals surface area contributed by atoms with E-state index in [1.165, 1.54) is 17.4 Å². The minimum atomic E-state index is -0.330. The van der Waals surface area contributed by atoms with Gasteiger partial charge in [-0.2, -0.15) is 0 Å². The quantitative estimate of drug-likeness (QED) is 0.361. The summed E-state index contributed by atoms with van der Waals surface area (Å²) < 4.78 is 21.4. The number of benzene rings is 2. The van der Waals surface area contributed by atoms with Gasteiger partial charge in [-0.15, -0.1) is 21.5 Å². The van der Waals surface area contributed by atoms with Crippen molar-refractivity contribution in [1.29, 1.82) is 0 Å². The normalized spacial score (nSPS) is 11.3. The van der Waals surface area contributed by atoms with Crippen LogP contribution in [0, 0.1) is 5.82 Å². The monoisotopic (exact) mass is 473 g/mol. The summed E-state index contributed by atoms with van der Waals surface area (Å²) in [7, 11) is 0. The maximum atomic E-state index is 14.0. The van der Waals surface area contributed by atoms with Crippen LogP contribution in [-0.4, -0.2) is 27.0 Å². The molecule has 5 nitrogen and oxygen atoms in total. The molecular formula is C21H17BrFN3O2S. The Morgan fingerprint density at radius 1 is 1.21 bits per heavy atom. The molecule has 0 aliphatic rings. The van der Waals surface area contributed by atoms with Crippen LogP contribution in [0.1, 0.15) is 29.4 Å². The van der Waals surface area contributed by atoms with Gasteiger partial charge in [-0.05, 0) is 60.1 Å². The maximum Gasteiger partial charge on any atom is 0.264 e. The predicted octanol–water partition coefficient (Wildman–Crippen LogP) is 5.90. The van der Waals surface area contributed by atoms with Crippen LogP contribution < -0.4 is 0 Å². The Morgan fingerprint density at radius 3 is 2.72 bits per heavy atom. The second-order valence-corrected chi connectivity index (χ2v) is 8.71. The number of carbonyl (C=O) groups excluding carboxylic acids is 1. The zero-order valence-electron chi connectivity index (χ0n) is 15.7. The second kappa shape index (κ2) is 8.04. The molecule has 0 radical (unpaired) electrons. The van der Waals surface area contributed by atoms with E-state index in [2.05, 4.69) is 26.1 Å². The summed E-state index contributed by atoms with van der Waals surface area (Å²) in [5.74, 6) is 0.197. The van der Waals surface area contributed by atoms with Crippen molar-refractivity contribution in [2.24, 2.45) is 0 Å². The first-order chi connectivity index (χ1) is 13.9. The summed E-state index contributed by atoms with van der Waals surface area (Å²) in [5.41, 5.74) is 0.786. The number of aromatic nitrogens is 2. The molecule has 2 aromatic carbocycles. The molecule has 0 fully saturated rings. The minimum Gasteiger partial charge on any atom is -0.419 e. The average Bonchev–Trinajstić information content (AvgIpc) is 3.33. The van der Waals surface area contributed by atoms with Gasteiger partial charge in [-0.3, -0.25) is 4.79 Å². The number of rotatable bonds is 5. The van der Waals surface area contributed by atoms with Gasteiger partial charge in [0.05, 0.1) is 17.0 Å². The number of hydrogen-bond acceptors (Lipinski definition) is 5. The van der Waals surface area contributed by atoms with Crippen molar-refractivity contribution >= 4 is 43.3 Å². The molecule has 0 saturated carbocycles. The van der Waals surface area contributed by atoms with Crippen molar-refractivity contribution in [1.82, 2.24) is 15.1 Å². The standard InChI is InChI=1S/C21H17BrFN3O2S/c1-12(2)26(21(27)18-10-14-16(23)8-5-9-17(14)29-18)11-19-24-25-20(28-19)13-6-3-4-7-15(13)22/h3-10,12H,11H2,1-2H3. The molecule has 0 saturated heterocycles. The van der Waals surface area contributed by atoms with Crippen LogP contribution in [0.3, 0.4) is 0 Å². The molecule has 0 atom stereocenters. The Hall–Kier alpha value is -2.58. The Balaban J connectivity index is 1.60. The molecule has 0 N–H and O–H groups in total. The fourth-order valence-corrected chi connectivity index (χ4v) is 4.45. The third-order valence-corrected chi connectivity index (χ3v) is 6.26. The molecule has 148 valence electrons. The van der Waals surface area contributed by atoms with Crippen molar-refractivity contribution in [3.8, 4) is 11.5 Å². The van der Waals surface area contributed by atoms with E-state index in [1.54, 1.807) is 17.0 Å². The Bertz CT molecular complexity index is 1190. The molecule has 8 heteroatoms. The van der Waals surface area contributed by atoms with Crippen LogP contribution in [0.15, 0.2) is 57.4 Å². The molecule has 1 amide bonds. The van der Waals surface area contributed by atoms with Crippen LogP contribution >= 0.6 is 27.3 Å². The van der Waals surface area contributed by atoms with Gasteiger partial charge in [0.2, 0.25) is 11.8 Å². The highest BCUT2D eigenvalue weighted by Gasteiger charge is 2.24. The first kappa shape index (κ1) is 19.7. The van der Waals surface area contributed by atoms with Crippen LogP contribution in [0.5, 0.6) is 0 Å². The highest BCUT2D eigenvalue weighted by atomic mass is 79.9. The lowest BCUT2D eigenvalue weighted by Crippen LogP contribution is -2.36. The Labute approximate surface area is 179 Å². The third kappa shape index (κ3) is 3.95. The number of nitrogens with zero attached hydrogens (tertiary/aromatic N) is 3. The Kier molecular flexibility index (Phi) is 5.47. The van der Waals surface area contributed by atoms with E-state index in [-0.39, 0.29) is 24.3 Å². The summed E-state index contributed by atoms with van der Waals surface area (Å²) in [4.78, 5) is 15.2. The second-order valence-electron chi connectivity index (χ2n) is 6.77. The van der Waals surface area contributed by atoms with Crippen LogP contribution in [-0.2, 0) is 6.54 Å². The number of carbonyl (C=O) groups is 1. The van der Waals surface area contributed by atoms with Gasteiger partial charge in [0.25, 0.3) is 5.91 Å². The molecule has 0 aliphatic heterocycles. The number of hydrogen-bond donors (Lipinski definition) is 0. The molecule has 4 aromatic rings. The summed E-state index contributed by atoms with van der Waals surface area (Å²) in [6.45, 7) is 4.00. The first-order valence-electron chi connectivity index (χ1n) is 9.00. The van der Waals surface area contributed by atoms with Gasteiger partial charge in [-0.25, -0.2) is 4.39 Å².